The van der Waals surface area contributed by atoms with Crippen molar-refractivity contribution in [2.45, 2.75) is 13.8 Å². The molecule has 0 atom stereocenters. The maximum atomic E-state index is 12.1. The van der Waals surface area contributed by atoms with Crippen molar-refractivity contribution in [3.63, 3.8) is 0 Å². The Hall–Kier alpha value is -3.03. The number of para-hydroxylation sites is 1. The molecule has 0 amide bonds. The third-order valence-corrected chi connectivity index (χ3v) is 3.40. The molecule has 0 saturated carbocycles. The Balaban J connectivity index is 2.45. The zero-order chi connectivity index (χ0) is 19.1. The summed E-state index contributed by atoms with van der Waals surface area (Å²) in [7, 11) is 3.63. The Labute approximate surface area is 151 Å². The first-order chi connectivity index (χ1) is 12.5. The second-order valence-corrected chi connectivity index (χ2v) is 5.52. The number of fused-ring (bicyclic) bond motifs is 1. The molecule has 1 aromatic heterocycles. The summed E-state index contributed by atoms with van der Waals surface area (Å²) in [6, 6.07) is 7.37. The standard InChI is InChI=1S/C18H22N4O4/c1-5-25-16(23)13(17(24)26-6-2)11-19-15-12-9-7-8-10-14(12)20-18(21-15)22(3)4/h7-11,13H,5-6H2,1-4H3. The van der Waals surface area contributed by atoms with E-state index in [0.717, 1.165) is 0 Å². The number of hydrogen-bond donors (Lipinski definition) is 0. The van der Waals surface area contributed by atoms with E-state index in [4.69, 9.17) is 9.47 Å². The average Bonchev–Trinajstić information content (AvgIpc) is 2.62. The minimum atomic E-state index is -1.24. The molecule has 0 aliphatic heterocycles. The number of anilines is 1. The van der Waals surface area contributed by atoms with Gasteiger partial charge in [-0.1, -0.05) is 12.1 Å². The van der Waals surface area contributed by atoms with E-state index in [1.54, 1.807) is 18.7 Å². The largest absolute Gasteiger partial charge is 0.465 e. The number of esters is 2. The summed E-state index contributed by atoms with van der Waals surface area (Å²) in [5.41, 5.74) is 0.710. The van der Waals surface area contributed by atoms with Gasteiger partial charge in [-0.2, -0.15) is 4.98 Å². The molecule has 0 saturated heterocycles. The normalized spacial score (nSPS) is 11.1. The van der Waals surface area contributed by atoms with Gasteiger partial charge in [-0.05, 0) is 26.0 Å². The number of aliphatic imine (C=N–C) groups is 1. The molecule has 1 aromatic carbocycles. The first-order valence-corrected chi connectivity index (χ1v) is 8.29. The van der Waals surface area contributed by atoms with Gasteiger partial charge in [0.25, 0.3) is 0 Å². The van der Waals surface area contributed by atoms with Crippen LogP contribution in [0.1, 0.15) is 13.8 Å². The molecule has 0 spiro atoms. The van der Waals surface area contributed by atoms with Gasteiger partial charge in [0.2, 0.25) is 5.95 Å². The van der Waals surface area contributed by atoms with Gasteiger partial charge in [0.05, 0.1) is 18.7 Å². The minimum Gasteiger partial charge on any atom is -0.465 e. The van der Waals surface area contributed by atoms with E-state index in [2.05, 4.69) is 15.0 Å². The average molecular weight is 358 g/mol. The first kappa shape index (κ1) is 19.3. The highest BCUT2D eigenvalue weighted by molar-refractivity contribution is 6.09. The molecule has 0 bridgehead atoms. The van der Waals surface area contributed by atoms with Crippen LogP contribution in [-0.2, 0) is 19.1 Å². The Morgan fingerprint density at radius 2 is 1.73 bits per heavy atom. The van der Waals surface area contributed by atoms with Crippen molar-refractivity contribution < 1.29 is 19.1 Å². The topological polar surface area (TPSA) is 94.0 Å². The summed E-state index contributed by atoms with van der Waals surface area (Å²) in [6.07, 6.45) is 1.21. The monoisotopic (exact) mass is 358 g/mol. The van der Waals surface area contributed by atoms with Gasteiger partial charge in [-0.25, -0.2) is 9.98 Å². The number of benzene rings is 1. The van der Waals surface area contributed by atoms with E-state index >= 15 is 0 Å². The molecule has 138 valence electrons. The van der Waals surface area contributed by atoms with E-state index in [9.17, 15) is 9.59 Å². The Morgan fingerprint density at radius 1 is 1.12 bits per heavy atom. The highest BCUT2D eigenvalue weighted by atomic mass is 16.6. The van der Waals surface area contributed by atoms with E-state index in [1.807, 2.05) is 38.4 Å². The van der Waals surface area contributed by atoms with Crippen LogP contribution in [0.15, 0.2) is 29.3 Å². The SMILES string of the molecule is CCOC(=O)C(C=Nc1nc(N(C)C)nc2ccccc12)C(=O)OCC. The fourth-order valence-electron chi connectivity index (χ4n) is 2.17. The molecule has 0 aliphatic rings. The van der Waals surface area contributed by atoms with Crippen LogP contribution >= 0.6 is 0 Å². The van der Waals surface area contributed by atoms with Gasteiger partial charge >= 0.3 is 11.9 Å². The summed E-state index contributed by atoms with van der Waals surface area (Å²) in [4.78, 5) is 39.0. The Kier molecular flexibility index (Phi) is 6.60. The van der Waals surface area contributed by atoms with Crippen LogP contribution in [0.4, 0.5) is 11.8 Å². The van der Waals surface area contributed by atoms with Gasteiger partial charge in [-0.3, -0.25) is 9.59 Å². The van der Waals surface area contributed by atoms with Crippen molar-refractivity contribution in [2.24, 2.45) is 10.9 Å². The van der Waals surface area contributed by atoms with Crippen LogP contribution in [0.3, 0.4) is 0 Å². The molecule has 1 heterocycles. The van der Waals surface area contributed by atoms with E-state index in [1.165, 1.54) is 6.21 Å². The van der Waals surface area contributed by atoms with Crippen molar-refractivity contribution in [3.8, 4) is 0 Å². The van der Waals surface area contributed by atoms with E-state index in [0.29, 0.717) is 22.7 Å². The van der Waals surface area contributed by atoms with E-state index < -0.39 is 17.9 Å². The summed E-state index contributed by atoms with van der Waals surface area (Å²) in [6.45, 7) is 3.64. The molecule has 2 aromatic rings. The minimum absolute atomic E-state index is 0.157. The highest BCUT2D eigenvalue weighted by Crippen LogP contribution is 2.25. The molecular weight excluding hydrogens is 336 g/mol. The second kappa shape index (κ2) is 8.89. The lowest BCUT2D eigenvalue weighted by atomic mass is 10.1. The van der Waals surface area contributed by atoms with Gasteiger partial charge < -0.3 is 14.4 Å². The molecule has 0 unspecified atom stereocenters. The fraction of sp³-hybridized carbons (Fsp3) is 0.389. The second-order valence-electron chi connectivity index (χ2n) is 5.52. The molecule has 0 N–H and O–H groups in total. The van der Waals surface area contributed by atoms with Gasteiger partial charge in [-0.15, -0.1) is 0 Å². The number of carbonyl (C=O) groups excluding carboxylic acids is 2. The van der Waals surface area contributed by atoms with Crippen LogP contribution in [0.25, 0.3) is 10.9 Å². The Morgan fingerprint density at radius 3 is 2.31 bits per heavy atom. The van der Waals surface area contributed by atoms with Crippen molar-refractivity contribution in [1.82, 2.24) is 9.97 Å². The maximum Gasteiger partial charge on any atom is 0.325 e. The predicted octanol–water partition coefficient (Wildman–Crippen LogP) is 2.14. The predicted molar refractivity (Wildman–Crippen MR) is 98.8 cm³/mol. The summed E-state index contributed by atoms with van der Waals surface area (Å²) in [5.74, 6) is -1.83. The molecule has 0 radical (unpaired) electrons. The molecule has 0 fully saturated rings. The number of rotatable bonds is 7. The quantitative estimate of drug-likeness (QED) is 0.425. The summed E-state index contributed by atoms with van der Waals surface area (Å²) >= 11 is 0. The lowest BCUT2D eigenvalue weighted by Crippen LogP contribution is -2.29. The lowest BCUT2D eigenvalue weighted by molar-refractivity contribution is -0.157. The molecule has 26 heavy (non-hydrogen) atoms. The molecule has 2 rings (SSSR count). The third kappa shape index (κ3) is 4.53. The van der Waals surface area contributed by atoms with Gasteiger partial charge in [0, 0.05) is 25.7 Å². The van der Waals surface area contributed by atoms with Crippen molar-refractivity contribution in [1.29, 1.82) is 0 Å². The molecular formula is C18H22N4O4. The number of carbonyl (C=O) groups is 2. The lowest BCUT2D eigenvalue weighted by Gasteiger charge is -2.12. The van der Waals surface area contributed by atoms with Crippen LogP contribution in [0, 0.1) is 5.92 Å². The smallest absolute Gasteiger partial charge is 0.325 e. The third-order valence-electron chi connectivity index (χ3n) is 3.40. The molecule has 8 heteroatoms. The number of nitrogens with zero attached hydrogens (tertiary/aromatic N) is 4. The van der Waals surface area contributed by atoms with Gasteiger partial charge in [0.1, 0.15) is 0 Å². The van der Waals surface area contributed by atoms with Crippen LogP contribution < -0.4 is 4.90 Å². The Bertz CT molecular complexity index is 802. The number of hydrogen-bond acceptors (Lipinski definition) is 8. The first-order valence-electron chi connectivity index (χ1n) is 8.29. The maximum absolute atomic E-state index is 12.1. The number of ether oxygens (including phenoxy) is 2. The van der Waals surface area contributed by atoms with Crippen LogP contribution in [0.2, 0.25) is 0 Å². The summed E-state index contributed by atoms with van der Waals surface area (Å²) in [5, 5.41) is 0.709. The zero-order valence-corrected chi connectivity index (χ0v) is 15.3. The van der Waals surface area contributed by atoms with Crippen molar-refractivity contribution >= 4 is 40.8 Å². The van der Waals surface area contributed by atoms with Crippen LogP contribution in [0.5, 0.6) is 0 Å². The van der Waals surface area contributed by atoms with Gasteiger partial charge in [0.15, 0.2) is 11.7 Å². The highest BCUT2D eigenvalue weighted by Gasteiger charge is 2.28. The summed E-state index contributed by atoms with van der Waals surface area (Å²) < 4.78 is 9.87. The number of aromatic nitrogens is 2. The zero-order valence-electron chi connectivity index (χ0n) is 15.3. The molecule has 8 nitrogen and oxygen atoms in total. The van der Waals surface area contributed by atoms with Crippen molar-refractivity contribution in [2.75, 3.05) is 32.2 Å². The van der Waals surface area contributed by atoms with Crippen molar-refractivity contribution in [3.05, 3.63) is 24.3 Å². The van der Waals surface area contributed by atoms with E-state index in [-0.39, 0.29) is 13.2 Å². The van der Waals surface area contributed by atoms with Crippen LogP contribution in [-0.4, -0.2) is 55.4 Å². The fourth-order valence-corrected chi connectivity index (χ4v) is 2.17. The molecule has 0 aliphatic carbocycles.